The number of hydrogen-bond donors (Lipinski definition) is 1. The Balaban J connectivity index is 2.47. The van der Waals surface area contributed by atoms with Crippen LogP contribution in [0.3, 0.4) is 0 Å². The summed E-state index contributed by atoms with van der Waals surface area (Å²) in [7, 11) is -4.13. The van der Waals surface area contributed by atoms with Gasteiger partial charge in [-0.15, -0.1) is 0 Å². The maximum atomic E-state index is 12.2. The second kappa shape index (κ2) is 5.52. The average molecular weight is 333 g/mol. The van der Waals surface area contributed by atoms with E-state index in [4.69, 9.17) is 27.4 Å². The first kappa shape index (κ1) is 15.0. The zero-order valence-corrected chi connectivity index (χ0v) is 12.6. The summed E-state index contributed by atoms with van der Waals surface area (Å²) < 4.78 is 29.4. The van der Waals surface area contributed by atoms with Gasteiger partial charge in [-0.2, -0.15) is 8.42 Å². The van der Waals surface area contributed by atoms with Crippen LogP contribution in [0.15, 0.2) is 41.3 Å². The zero-order chi connectivity index (χ0) is 14.9. The highest BCUT2D eigenvalue weighted by atomic mass is 35.5. The molecule has 4 nitrogen and oxygen atoms in total. The lowest BCUT2D eigenvalue weighted by molar-refractivity contribution is 0.457. The van der Waals surface area contributed by atoms with Gasteiger partial charge in [-0.05, 0) is 31.2 Å². The Bertz CT molecular complexity index is 757. The molecule has 0 amide bonds. The van der Waals surface area contributed by atoms with Crippen molar-refractivity contribution in [3.63, 3.8) is 0 Å². The largest absolute Gasteiger partial charge is 0.508 e. The summed E-state index contributed by atoms with van der Waals surface area (Å²) in [6.45, 7) is 1.54. The Hall–Kier alpha value is -1.43. The smallest absolute Gasteiger partial charge is 0.340 e. The minimum Gasteiger partial charge on any atom is -0.508 e. The number of phenols is 1. The molecule has 0 aliphatic carbocycles. The van der Waals surface area contributed by atoms with Crippen molar-refractivity contribution in [1.29, 1.82) is 0 Å². The van der Waals surface area contributed by atoms with Gasteiger partial charge in [0.05, 0.1) is 10.0 Å². The fourth-order valence-corrected chi connectivity index (χ4v) is 3.25. The van der Waals surface area contributed by atoms with Crippen molar-refractivity contribution in [2.24, 2.45) is 0 Å². The van der Waals surface area contributed by atoms with Crippen molar-refractivity contribution in [2.75, 3.05) is 0 Å². The number of aromatic hydroxyl groups is 1. The molecule has 0 aliphatic rings. The fourth-order valence-electron chi connectivity index (χ4n) is 1.53. The predicted molar refractivity (Wildman–Crippen MR) is 77.1 cm³/mol. The van der Waals surface area contributed by atoms with Gasteiger partial charge in [-0.3, -0.25) is 0 Å². The Kier molecular flexibility index (Phi) is 4.13. The molecule has 2 rings (SSSR count). The fraction of sp³-hybridized carbons (Fsp3) is 0.0769. The summed E-state index contributed by atoms with van der Waals surface area (Å²) in [5.74, 6) is -0.0315. The van der Waals surface area contributed by atoms with Gasteiger partial charge in [0.1, 0.15) is 16.4 Å². The van der Waals surface area contributed by atoms with Crippen LogP contribution in [0.2, 0.25) is 10.0 Å². The molecule has 0 atom stereocenters. The summed E-state index contributed by atoms with van der Waals surface area (Å²) in [4.78, 5) is -0.227. The molecule has 0 saturated heterocycles. The van der Waals surface area contributed by atoms with E-state index < -0.39 is 10.1 Å². The topological polar surface area (TPSA) is 63.6 Å². The van der Waals surface area contributed by atoms with Crippen molar-refractivity contribution in [1.82, 2.24) is 0 Å². The van der Waals surface area contributed by atoms with Gasteiger partial charge in [-0.1, -0.05) is 35.3 Å². The van der Waals surface area contributed by atoms with E-state index in [9.17, 15) is 13.5 Å². The van der Waals surface area contributed by atoms with Crippen LogP contribution in [0.1, 0.15) is 5.56 Å². The Morgan fingerprint density at radius 3 is 2.45 bits per heavy atom. The lowest BCUT2D eigenvalue weighted by Gasteiger charge is -2.11. The number of halogens is 2. The Morgan fingerprint density at radius 2 is 1.75 bits per heavy atom. The standard InChI is InChI=1S/C13H10Cl2O4S/c1-8-10(16)5-3-6-11(8)19-20(17,18)12-7-2-4-9(14)13(12)15/h2-7,16H,1H3. The molecule has 7 heteroatoms. The molecular weight excluding hydrogens is 323 g/mol. The second-order valence-electron chi connectivity index (χ2n) is 3.99. The van der Waals surface area contributed by atoms with Crippen LogP contribution in [0.4, 0.5) is 0 Å². The highest BCUT2D eigenvalue weighted by molar-refractivity contribution is 7.87. The molecule has 0 bridgehead atoms. The minimum atomic E-state index is -4.13. The monoisotopic (exact) mass is 332 g/mol. The van der Waals surface area contributed by atoms with Crippen molar-refractivity contribution in [2.45, 2.75) is 11.8 Å². The number of benzene rings is 2. The summed E-state index contributed by atoms with van der Waals surface area (Å²) in [5.41, 5.74) is 0.314. The third-order valence-electron chi connectivity index (χ3n) is 2.64. The molecule has 0 spiro atoms. The molecule has 0 heterocycles. The third kappa shape index (κ3) is 2.85. The molecule has 0 radical (unpaired) electrons. The molecule has 0 aromatic heterocycles. The van der Waals surface area contributed by atoms with Gasteiger partial charge >= 0.3 is 10.1 Å². The van der Waals surface area contributed by atoms with Gasteiger partial charge in [0, 0.05) is 5.56 Å². The summed E-state index contributed by atoms with van der Waals surface area (Å²) in [5, 5.41) is 9.55. The van der Waals surface area contributed by atoms with Crippen molar-refractivity contribution in [3.05, 3.63) is 52.0 Å². The highest BCUT2D eigenvalue weighted by Crippen LogP contribution is 2.33. The summed E-state index contributed by atoms with van der Waals surface area (Å²) in [6, 6.07) is 8.57. The zero-order valence-electron chi connectivity index (χ0n) is 10.3. The van der Waals surface area contributed by atoms with Crippen LogP contribution >= 0.6 is 23.2 Å². The normalized spacial score (nSPS) is 11.3. The number of rotatable bonds is 3. The van der Waals surface area contributed by atoms with Gasteiger partial charge in [0.15, 0.2) is 0 Å². The van der Waals surface area contributed by atoms with E-state index >= 15 is 0 Å². The Labute approximate surface area is 126 Å². The van der Waals surface area contributed by atoms with E-state index in [1.54, 1.807) is 6.92 Å². The van der Waals surface area contributed by atoms with Crippen LogP contribution in [0.25, 0.3) is 0 Å². The maximum Gasteiger partial charge on any atom is 0.340 e. The van der Waals surface area contributed by atoms with Gasteiger partial charge < -0.3 is 9.29 Å². The lowest BCUT2D eigenvalue weighted by atomic mass is 10.2. The van der Waals surface area contributed by atoms with Crippen LogP contribution in [-0.4, -0.2) is 13.5 Å². The van der Waals surface area contributed by atoms with Crippen LogP contribution < -0.4 is 4.18 Å². The molecule has 2 aromatic carbocycles. The first-order valence-electron chi connectivity index (χ1n) is 5.50. The SMILES string of the molecule is Cc1c(O)cccc1OS(=O)(=O)c1cccc(Cl)c1Cl. The van der Waals surface area contributed by atoms with Crippen molar-refractivity contribution >= 4 is 33.3 Å². The van der Waals surface area contributed by atoms with Gasteiger partial charge in [-0.25, -0.2) is 0 Å². The third-order valence-corrected chi connectivity index (χ3v) is 4.85. The molecule has 1 N–H and O–H groups in total. The lowest BCUT2D eigenvalue weighted by Crippen LogP contribution is -2.11. The van der Waals surface area contributed by atoms with Crippen LogP contribution in [-0.2, 0) is 10.1 Å². The van der Waals surface area contributed by atoms with Crippen molar-refractivity contribution < 1.29 is 17.7 Å². The first-order chi connectivity index (χ1) is 9.33. The van der Waals surface area contributed by atoms with Gasteiger partial charge in [0.25, 0.3) is 0 Å². The number of hydrogen-bond acceptors (Lipinski definition) is 4. The Morgan fingerprint density at radius 1 is 1.10 bits per heavy atom. The highest BCUT2D eigenvalue weighted by Gasteiger charge is 2.22. The predicted octanol–water partition coefficient (Wildman–Crippen LogP) is 3.78. The van der Waals surface area contributed by atoms with E-state index in [1.807, 2.05) is 0 Å². The second-order valence-corrected chi connectivity index (χ2v) is 6.29. The first-order valence-corrected chi connectivity index (χ1v) is 7.66. The van der Waals surface area contributed by atoms with Crippen LogP contribution in [0, 0.1) is 6.92 Å². The minimum absolute atomic E-state index is 0.0287. The maximum absolute atomic E-state index is 12.2. The summed E-state index contributed by atoms with van der Waals surface area (Å²) >= 11 is 11.7. The number of phenolic OH excluding ortho intramolecular Hbond substituents is 1. The molecular formula is C13H10Cl2O4S. The molecule has 20 heavy (non-hydrogen) atoms. The molecule has 2 aromatic rings. The van der Waals surface area contributed by atoms with E-state index in [0.29, 0.717) is 5.56 Å². The average Bonchev–Trinajstić information content (AvgIpc) is 2.38. The molecule has 0 saturated carbocycles. The van der Waals surface area contributed by atoms with Crippen molar-refractivity contribution in [3.8, 4) is 11.5 Å². The molecule has 0 fully saturated rings. The van der Waals surface area contributed by atoms with E-state index in [-0.39, 0.29) is 26.4 Å². The molecule has 106 valence electrons. The quantitative estimate of drug-likeness (QED) is 0.869. The summed E-state index contributed by atoms with van der Waals surface area (Å²) in [6.07, 6.45) is 0. The van der Waals surface area contributed by atoms with Crippen LogP contribution in [0.5, 0.6) is 11.5 Å². The van der Waals surface area contributed by atoms with E-state index in [0.717, 1.165) is 0 Å². The van der Waals surface area contributed by atoms with E-state index in [2.05, 4.69) is 0 Å². The molecule has 0 unspecified atom stereocenters. The molecule has 0 aliphatic heterocycles. The van der Waals surface area contributed by atoms with Gasteiger partial charge in [0.2, 0.25) is 0 Å². The van der Waals surface area contributed by atoms with E-state index in [1.165, 1.54) is 36.4 Å².